The molecule has 3 amide bonds. The molecule has 0 bridgehead atoms. The van der Waals surface area contributed by atoms with Gasteiger partial charge in [0, 0.05) is 6.42 Å². The van der Waals surface area contributed by atoms with E-state index in [1.807, 2.05) is 0 Å². The Kier molecular flexibility index (Phi) is 11.8. The normalized spacial score (nSPS) is 13.5. The molecular formula is C20H31N5O6. The summed E-state index contributed by atoms with van der Waals surface area (Å²) < 4.78 is 0. The zero-order valence-corrected chi connectivity index (χ0v) is 17.3. The number of hydrogen-bond acceptors (Lipinski definition) is 7. The number of aliphatic hydroxyl groups is 1. The fourth-order valence-electron chi connectivity index (χ4n) is 2.80. The second kappa shape index (κ2) is 14.1. The van der Waals surface area contributed by atoms with Gasteiger partial charge in [0.1, 0.15) is 18.1 Å². The molecule has 0 aliphatic heterocycles. The van der Waals surface area contributed by atoms with E-state index in [0.717, 1.165) is 0 Å². The molecule has 0 aromatic heterocycles. The molecule has 0 heterocycles. The molecule has 3 atom stereocenters. The lowest BCUT2D eigenvalue weighted by molar-refractivity contribution is -0.142. The molecule has 3 unspecified atom stereocenters. The first kappa shape index (κ1) is 26.0. The van der Waals surface area contributed by atoms with Crippen molar-refractivity contribution in [1.82, 2.24) is 16.0 Å². The third kappa shape index (κ3) is 9.55. The van der Waals surface area contributed by atoms with Crippen molar-refractivity contribution >= 4 is 23.7 Å². The number of aliphatic carboxylic acids is 1. The van der Waals surface area contributed by atoms with E-state index in [-0.39, 0.29) is 19.4 Å². The molecule has 0 spiro atoms. The van der Waals surface area contributed by atoms with Gasteiger partial charge in [-0.2, -0.15) is 0 Å². The van der Waals surface area contributed by atoms with Crippen LogP contribution in [0.25, 0.3) is 0 Å². The van der Waals surface area contributed by atoms with Crippen molar-refractivity contribution < 1.29 is 29.4 Å². The molecule has 11 nitrogen and oxygen atoms in total. The minimum Gasteiger partial charge on any atom is -0.480 e. The van der Waals surface area contributed by atoms with Gasteiger partial charge < -0.3 is 37.6 Å². The Labute approximate surface area is 180 Å². The van der Waals surface area contributed by atoms with Crippen LogP contribution in [0.5, 0.6) is 0 Å². The number of aliphatic hydroxyl groups excluding tert-OH is 1. The molecule has 0 aliphatic rings. The summed E-state index contributed by atoms with van der Waals surface area (Å²) in [5.41, 5.74) is 11.4. The number of hydrogen-bond donors (Lipinski definition) is 7. The van der Waals surface area contributed by atoms with Crippen LogP contribution in [0.1, 0.15) is 24.8 Å². The first-order chi connectivity index (χ1) is 14.8. The van der Waals surface area contributed by atoms with E-state index in [1.54, 1.807) is 30.3 Å². The Balaban J connectivity index is 2.79. The van der Waals surface area contributed by atoms with Crippen LogP contribution in [0.15, 0.2) is 30.3 Å². The van der Waals surface area contributed by atoms with Gasteiger partial charge in [0.25, 0.3) is 0 Å². The Morgan fingerprint density at radius 2 is 1.48 bits per heavy atom. The lowest BCUT2D eigenvalue weighted by atomic mass is 10.1. The number of amides is 3. The Morgan fingerprint density at radius 3 is 2.03 bits per heavy atom. The first-order valence-corrected chi connectivity index (χ1v) is 10.00. The van der Waals surface area contributed by atoms with Crippen LogP contribution in [-0.2, 0) is 25.6 Å². The fraction of sp³-hybridized carbons (Fsp3) is 0.500. The maximum atomic E-state index is 12.6. The summed E-state index contributed by atoms with van der Waals surface area (Å²) >= 11 is 0. The molecule has 1 rings (SSSR count). The van der Waals surface area contributed by atoms with Gasteiger partial charge in [0.2, 0.25) is 17.7 Å². The van der Waals surface area contributed by atoms with Crippen molar-refractivity contribution in [3.63, 3.8) is 0 Å². The molecule has 31 heavy (non-hydrogen) atoms. The van der Waals surface area contributed by atoms with Crippen molar-refractivity contribution in [3.05, 3.63) is 35.9 Å². The number of nitrogens with one attached hydrogen (secondary N) is 3. The van der Waals surface area contributed by atoms with Crippen molar-refractivity contribution in [2.45, 2.75) is 43.8 Å². The van der Waals surface area contributed by atoms with Crippen molar-refractivity contribution in [3.8, 4) is 0 Å². The van der Waals surface area contributed by atoms with Crippen molar-refractivity contribution in [1.29, 1.82) is 0 Å². The van der Waals surface area contributed by atoms with Crippen LogP contribution >= 0.6 is 0 Å². The summed E-state index contributed by atoms with van der Waals surface area (Å²) in [6.07, 6.45) is 1.47. The maximum absolute atomic E-state index is 12.6. The monoisotopic (exact) mass is 437 g/mol. The number of carboxylic acids is 1. The largest absolute Gasteiger partial charge is 0.480 e. The number of unbranched alkanes of at least 4 members (excludes halogenated alkanes) is 1. The molecular weight excluding hydrogens is 406 g/mol. The predicted octanol–water partition coefficient (Wildman–Crippen LogP) is -2.15. The minimum absolute atomic E-state index is 0.0300. The summed E-state index contributed by atoms with van der Waals surface area (Å²) in [5, 5.41) is 26.1. The summed E-state index contributed by atoms with van der Waals surface area (Å²) in [5.74, 6) is -3.35. The first-order valence-electron chi connectivity index (χ1n) is 10.00. The third-order valence-electron chi connectivity index (χ3n) is 4.50. The third-order valence-corrected chi connectivity index (χ3v) is 4.50. The van der Waals surface area contributed by atoms with E-state index >= 15 is 0 Å². The minimum atomic E-state index is -1.39. The summed E-state index contributed by atoms with van der Waals surface area (Å²) in [4.78, 5) is 48.2. The maximum Gasteiger partial charge on any atom is 0.326 e. The lowest BCUT2D eigenvalue weighted by Gasteiger charge is -2.23. The number of rotatable bonds is 14. The van der Waals surface area contributed by atoms with Gasteiger partial charge in [0.05, 0.1) is 13.2 Å². The van der Waals surface area contributed by atoms with Crippen molar-refractivity contribution in [2.75, 3.05) is 19.7 Å². The van der Waals surface area contributed by atoms with Crippen LogP contribution < -0.4 is 27.4 Å². The predicted molar refractivity (Wildman–Crippen MR) is 113 cm³/mol. The SMILES string of the molecule is NCCCCC(NC(=O)CN)C(=O)NC(CO)C(=O)NC(Cc1ccccc1)C(=O)O. The highest BCUT2D eigenvalue weighted by Crippen LogP contribution is 2.05. The Hall–Kier alpha value is -3.02. The van der Waals surface area contributed by atoms with Gasteiger partial charge >= 0.3 is 5.97 Å². The van der Waals surface area contributed by atoms with Crippen LogP contribution in [-0.4, -0.2) is 71.7 Å². The zero-order chi connectivity index (χ0) is 23.2. The smallest absolute Gasteiger partial charge is 0.326 e. The fourth-order valence-corrected chi connectivity index (χ4v) is 2.80. The average molecular weight is 437 g/mol. The highest BCUT2D eigenvalue weighted by molar-refractivity contribution is 5.93. The average Bonchev–Trinajstić information content (AvgIpc) is 2.76. The van der Waals surface area contributed by atoms with E-state index in [1.165, 1.54) is 0 Å². The summed E-state index contributed by atoms with van der Waals surface area (Å²) in [6.45, 7) is -0.654. The molecule has 172 valence electrons. The van der Waals surface area contributed by atoms with Gasteiger partial charge in [-0.1, -0.05) is 30.3 Å². The van der Waals surface area contributed by atoms with E-state index in [0.29, 0.717) is 24.9 Å². The number of carbonyl (C=O) groups excluding carboxylic acids is 3. The number of nitrogens with two attached hydrogens (primary N) is 2. The summed E-state index contributed by atoms with van der Waals surface area (Å²) in [7, 11) is 0. The van der Waals surface area contributed by atoms with Gasteiger partial charge in [-0.3, -0.25) is 14.4 Å². The lowest BCUT2D eigenvalue weighted by Crippen LogP contribution is -2.57. The molecule has 0 aliphatic carbocycles. The van der Waals surface area contributed by atoms with Gasteiger partial charge in [0.15, 0.2) is 0 Å². The van der Waals surface area contributed by atoms with Crippen molar-refractivity contribution in [2.24, 2.45) is 11.5 Å². The number of carbonyl (C=O) groups is 4. The Morgan fingerprint density at radius 1 is 0.871 bits per heavy atom. The standard InChI is InChI=1S/C20H31N5O6/c21-9-5-4-8-14(23-17(27)11-22)18(28)25-16(12-26)19(29)24-15(20(30)31)10-13-6-2-1-3-7-13/h1-3,6-7,14-16,26H,4-5,8-12,21-22H2,(H,23,27)(H,24,29)(H,25,28)(H,30,31). The summed E-state index contributed by atoms with van der Waals surface area (Å²) in [6, 6.07) is 5.10. The van der Waals surface area contributed by atoms with Crippen LogP contribution in [0.3, 0.4) is 0 Å². The van der Waals surface area contributed by atoms with Crippen LogP contribution in [0, 0.1) is 0 Å². The molecule has 1 aromatic rings. The van der Waals surface area contributed by atoms with E-state index in [9.17, 15) is 29.4 Å². The van der Waals surface area contributed by atoms with E-state index < -0.39 is 48.4 Å². The van der Waals surface area contributed by atoms with Crippen LogP contribution in [0.2, 0.25) is 0 Å². The highest BCUT2D eigenvalue weighted by atomic mass is 16.4. The molecule has 11 heteroatoms. The second-order valence-corrected chi connectivity index (χ2v) is 6.94. The van der Waals surface area contributed by atoms with E-state index in [4.69, 9.17) is 11.5 Å². The molecule has 1 aromatic carbocycles. The molecule has 9 N–H and O–H groups in total. The van der Waals surface area contributed by atoms with Gasteiger partial charge in [-0.15, -0.1) is 0 Å². The number of benzene rings is 1. The second-order valence-electron chi connectivity index (χ2n) is 6.94. The highest BCUT2D eigenvalue weighted by Gasteiger charge is 2.29. The zero-order valence-electron chi connectivity index (χ0n) is 17.3. The Bertz CT molecular complexity index is 730. The molecule has 0 radical (unpaired) electrons. The number of carboxylic acid groups (broad SMARTS) is 1. The molecule has 0 saturated heterocycles. The topological polar surface area (TPSA) is 197 Å². The van der Waals surface area contributed by atoms with Gasteiger partial charge in [-0.05, 0) is 31.4 Å². The van der Waals surface area contributed by atoms with Gasteiger partial charge in [-0.25, -0.2) is 4.79 Å². The quantitative estimate of drug-likeness (QED) is 0.160. The molecule has 0 saturated carbocycles. The van der Waals surface area contributed by atoms with E-state index in [2.05, 4.69) is 16.0 Å². The van der Waals surface area contributed by atoms with Crippen LogP contribution in [0.4, 0.5) is 0 Å². The molecule has 0 fully saturated rings.